The van der Waals surface area contributed by atoms with Crippen molar-refractivity contribution >= 4 is 28.4 Å². The van der Waals surface area contributed by atoms with Crippen molar-refractivity contribution in [2.24, 2.45) is 0 Å². The Morgan fingerprint density at radius 2 is 1.47 bits per heavy atom. The minimum absolute atomic E-state index is 0.128. The van der Waals surface area contributed by atoms with Gasteiger partial charge in [-0.3, -0.25) is 14.1 Å². The first-order chi connectivity index (χ1) is 9.06. The standard InChI is InChI=1S/C13H12N2O3S/c14-11-5-1-9(2-6-11)13(16)10-3-7-12(8-4-10)15-19(17)18/h1-8,15H,14H2,(H,17,18). The predicted octanol–water partition coefficient (Wildman–Crippen LogP) is 2.05. The summed E-state index contributed by atoms with van der Waals surface area (Å²) in [4.78, 5) is 12.1. The lowest BCUT2D eigenvalue weighted by molar-refractivity contribution is 0.103. The molecule has 0 amide bonds. The SMILES string of the molecule is Nc1ccc(C(=O)c2ccc(NS(=O)O)cc2)cc1. The number of nitrogen functional groups attached to an aromatic ring is 1. The second-order valence-electron chi connectivity index (χ2n) is 3.88. The van der Waals surface area contributed by atoms with Crippen LogP contribution in [-0.4, -0.2) is 14.5 Å². The van der Waals surface area contributed by atoms with Crippen LogP contribution in [0.2, 0.25) is 0 Å². The van der Waals surface area contributed by atoms with Crippen molar-refractivity contribution in [1.29, 1.82) is 0 Å². The van der Waals surface area contributed by atoms with E-state index < -0.39 is 11.3 Å². The molecule has 0 aliphatic rings. The summed E-state index contributed by atoms with van der Waals surface area (Å²) >= 11 is -2.12. The molecule has 0 radical (unpaired) electrons. The van der Waals surface area contributed by atoms with Crippen molar-refractivity contribution in [3.63, 3.8) is 0 Å². The molecule has 0 aliphatic carbocycles. The average Bonchev–Trinajstić information content (AvgIpc) is 2.39. The lowest BCUT2D eigenvalue weighted by Crippen LogP contribution is -2.04. The van der Waals surface area contributed by atoms with E-state index in [0.29, 0.717) is 22.5 Å². The number of rotatable bonds is 4. The summed E-state index contributed by atoms with van der Waals surface area (Å²) in [7, 11) is 0. The molecule has 2 aromatic rings. The quantitative estimate of drug-likeness (QED) is 0.452. The van der Waals surface area contributed by atoms with Gasteiger partial charge in [0, 0.05) is 22.5 Å². The zero-order valence-electron chi connectivity index (χ0n) is 9.87. The molecular weight excluding hydrogens is 264 g/mol. The van der Waals surface area contributed by atoms with Gasteiger partial charge in [0.2, 0.25) is 0 Å². The Morgan fingerprint density at radius 1 is 1.00 bits per heavy atom. The fraction of sp³-hybridized carbons (Fsp3) is 0. The van der Waals surface area contributed by atoms with E-state index in [1.54, 1.807) is 48.5 Å². The number of carbonyl (C=O) groups is 1. The first-order valence-electron chi connectivity index (χ1n) is 5.44. The van der Waals surface area contributed by atoms with Gasteiger partial charge in [-0.25, -0.2) is 4.21 Å². The summed E-state index contributed by atoms with van der Waals surface area (Å²) in [6.45, 7) is 0. The van der Waals surface area contributed by atoms with Crippen molar-refractivity contribution < 1.29 is 13.6 Å². The highest BCUT2D eigenvalue weighted by atomic mass is 32.2. The lowest BCUT2D eigenvalue weighted by Gasteiger charge is -2.04. The molecule has 1 unspecified atom stereocenters. The topological polar surface area (TPSA) is 92.4 Å². The van der Waals surface area contributed by atoms with Crippen molar-refractivity contribution in [2.75, 3.05) is 10.5 Å². The number of anilines is 2. The van der Waals surface area contributed by atoms with E-state index in [0.717, 1.165) is 0 Å². The van der Waals surface area contributed by atoms with Crippen molar-refractivity contribution in [3.8, 4) is 0 Å². The molecule has 0 aromatic heterocycles. The Labute approximate surface area is 112 Å². The van der Waals surface area contributed by atoms with Gasteiger partial charge in [0.05, 0.1) is 0 Å². The van der Waals surface area contributed by atoms with E-state index in [4.69, 9.17) is 10.3 Å². The number of nitrogens with two attached hydrogens (primary N) is 1. The second-order valence-corrected chi connectivity index (χ2v) is 4.58. The maximum Gasteiger partial charge on any atom is 0.259 e. The number of nitrogens with one attached hydrogen (secondary N) is 1. The maximum absolute atomic E-state index is 12.1. The van der Waals surface area contributed by atoms with Crippen LogP contribution in [0.5, 0.6) is 0 Å². The van der Waals surface area contributed by atoms with Gasteiger partial charge < -0.3 is 5.73 Å². The summed E-state index contributed by atoms with van der Waals surface area (Å²) in [6, 6.07) is 13.0. The van der Waals surface area contributed by atoms with Crippen LogP contribution in [0.15, 0.2) is 48.5 Å². The van der Waals surface area contributed by atoms with Crippen LogP contribution in [-0.2, 0) is 11.3 Å². The van der Waals surface area contributed by atoms with Crippen molar-refractivity contribution in [1.82, 2.24) is 0 Å². The molecule has 0 fully saturated rings. The molecule has 5 nitrogen and oxygen atoms in total. The zero-order chi connectivity index (χ0) is 13.8. The predicted molar refractivity (Wildman–Crippen MR) is 75.1 cm³/mol. The molecule has 19 heavy (non-hydrogen) atoms. The summed E-state index contributed by atoms with van der Waals surface area (Å²) < 4.78 is 21.6. The molecule has 0 bridgehead atoms. The van der Waals surface area contributed by atoms with Crippen LogP contribution < -0.4 is 10.5 Å². The summed E-state index contributed by atoms with van der Waals surface area (Å²) in [6.07, 6.45) is 0. The van der Waals surface area contributed by atoms with Crippen LogP contribution in [0.25, 0.3) is 0 Å². The Balaban J connectivity index is 2.20. The van der Waals surface area contributed by atoms with Gasteiger partial charge in [-0.15, -0.1) is 0 Å². The highest BCUT2D eigenvalue weighted by molar-refractivity contribution is 7.80. The molecule has 98 valence electrons. The second kappa shape index (κ2) is 5.64. The van der Waals surface area contributed by atoms with Gasteiger partial charge in [-0.2, -0.15) is 0 Å². The Kier molecular flexibility index (Phi) is 3.94. The molecule has 0 saturated heterocycles. The smallest absolute Gasteiger partial charge is 0.259 e. The number of ketones is 1. The average molecular weight is 276 g/mol. The van der Waals surface area contributed by atoms with Crippen molar-refractivity contribution in [3.05, 3.63) is 59.7 Å². The molecule has 0 spiro atoms. The third-order valence-electron chi connectivity index (χ3n) is 2.53. The number of benzene rings is 2. The van der Waals surface area contributed by atoms with E-state index in [2.05, 4.69) is 4.72 Å². The Morgan fingerprint density at radius 3 is 1.95 bits per heavy atom. The first kappa shape index (κ1) is 13.3. The summed E-state index contributed by atoms with van der Waals surface area (Å²) in [5, 5.41) is 0. The van der Waals surface area contributed by atoms with Crippen LogP contribution in [0, 0.1) is 0 Å². The monoisotopic (exact) mass is 276 g/mol. The minimum atomic E-state index is -2.12. The van der Waals surface area contributed by atoms with Gasteiger partial charge in [0.1, 0.15) is 0 Å². The van der Waals surface area contributed by atoms with Gasteiger partial charge in [-0.1, -0.05) is 0 Å². The molecule has 0 saturated carbocycles. The lowest BCUT2D eigenvalue weighted by atomic mass is 10.0. The summed E-state index contributed by atoms with van der Waals surface area (Å²) in [5.41, 5.74) is 7.67. The largest absolute Gasteiger partial charge is 0.399 e. The molecule has 4 N–H and O–H groups in total. The zero-order valence-corrected chi connectivity index (χ0v) is 10.7. The van der Waals surface area contributed by atoms with E-state index >= 15 is 0 Å². The number of hydrogen-bond donors (Lipinski definition) is 3. The summed E-state index contributed by atoms with van der Waals surface area (Å²) in [5.74, 6) is -0.128. The van der Waals surface area contributed by atoms with Gasteiger partial charge in [0.25, 0.3) is 11.3 Å². The van der Waals surface area contributed by atoms with E-state index in [1.165, 1.54) is 0 Å². The van der Waals surface area contributed by atoms with Crippen LogP contribution in [0.1, 0.15) is 15.9 Å². The normalized spacial score (nSPS) is 11.8. The molecule has 2 rings (SSSR count). The maximum atomic E-state index is 12.1. The Hall–Kier alpha value is -2.18. The fourth-order valence-electron chi connectivity index (χ4n) is 1.59. The van der Waals surface area contributed by atoms with Crippen molar-refractivity contribution in [2.45, 2.75) is 0 Å². The third kappa shape index (κ3) is 3.40. The molecular formula is C13H12N2O3S. The highest BCUT2D eigenvalue weighted by Gasteiger charge is 2.08. The van der Waals surface area contributed by atoms with Crippen LogP contribution in [0.4, 0.5) is 11.4 Å². The van der Waals surface area contributed by atoms with Gasteiger partial charge in [-0.05, 0) is 48.5 Å². The highest BCUT2D eigenvalue weighted by Crippen LogP contribution is 2.15. The van der Waals surface area contributed by atoms with E-state index in [-0.39, 0.29) is 5.78 Å². The molecule has 0 aliphatic heterocycles. The third-order valence-corrected chi connectivity index (χ3v) is 2.94. The van der Waals surface area contributed by atoms with E-state index in [9.17, 15) is 9.00 Å². The molecule has 2 aromatic carbocycles. The van der Waals surface area contributed by atoms with Crippen LogP contribution >= 0.6 is 0 Å². The fourth-order valence-corrected chi connectivity index (χ4v) is 1.93. The Bertz CT molecular complexity index is 609. The number of hydrogen-bond acceptors (Lipinski definition) is 3. The number of carbonyl (C=O) groups excluding carboxylic acids is 1. The van der Waals surface area contributed by atoms with E-state index in [1.807, 2.05) is 0 Å². The molecule has 1 atom stereocenters. The molecule has 6 heteroatoms. The minimum Gasteiger partial charge on any atom is -0.399 e. The van der Waals surface area contributed by atoms with Crippen LogP contribution in [0.3, 0.4) is 0 Å². The molecule has 0 heterocycles. The first-order valence-corrected chi connectivity index (χ1v) is 6.55. The van der Waals surface area contributed by atoms with Gasteiger partial charge >= 0.3 is 0 Å². The van der Waals surface area contributed by atoms with Gasteiger partial charge in [0.15, 0.2) is 5.78 Å².